The summed E-state index contributed by atoms with van der Waals surface area (Å²) in [5.74, 6) is -0.936. The van der Waals surface area contributed by atoms with Crippen LogP contribution < -0.4 is 4.31 Å². The lowest BCUT2D eigenvalue weighted by molar-refractivity contribution is -0.136. The summed E-state index contributed by atoms with van der Waals surface area (Å²) < 4.78 is 29.8. The van der Waals surface area contributed by atoms with Crippen molar-refractivity contribution in [3.63, 3.8) is 0 Å². The maximum Gasteiger partial charge on any atom is 0.331 e. The molecule has 0 radical (unpaired) electrons. The molecule has 2 aromatic rings. The average molecular weight is 385 g/mol. The van der Waals surface area contributed by atoms with E-state index in [1.54, 1.807) is 24.3 Å². The lowest BCUT2D eigenvalue weighted by atomic mass is 10.1. The maximum absolute atomic E-state index is 12.3. The standard InChI is InChI=1S/C20H19NO5S/c1-27(24,25)21-12-11-16-13-17(8-9-18(16)21)19(22)14-26-20(23)10-7-15-5-3-2-4-6-15/h2-10,13H,11-12,14H2,1H3/b10-7+. The summed E-state index contributed by atoms with van der Waals surface area (Å²) >= 11 is 0. The quantitative estimate of drug-likeness (QED) is 0.433. The van der Waals surface area contributed by atoms with Crippen molar-refractivity contribution in [3.8, 4) is 0 Å². The first-order chi connectivity index (χ1) is 12.8. The molecule has 6 nitrogen and oxygen atoms in total. The zero-order chi connectivity index (χ0) is 19.4. The lowest BCUT2D eigenvalue weighted by Crippen LogP contribution is -2.27. The zero-order valence-electron chi connectivity index (χ0n) is 14.8. The van der Waals surface area contributed by atoms with Crippen LogP contribution in [0.25, 0.3) is 6.08 Å². The minimum Gasteiger partial charge on any atom is -0.454 e. The predicted molar refractivity (Wildman–Crippen MR) is 103 cm³/mol. The van der Waals surface area contributed by atoms with E-state index in [9.17, 15) is 18.0 Å². The van der Waals surface area contributed by atoms with E-state index in [1.807, 2.05) is 30.3 Å². The first-order valence-electron chi connectivity index (χ1n) is 8.38. The molecule has 3 rings (SSSR count). The normalized spacial score (nSPS) is 13.6. The Labute approximate surface area is 158 Å². The number of hydrogen-bond acceptors (Lipinski definition) is 5. The number of nitrogens with zero attached hydrogens (tertiary/aromatic N) is 1. The monoisotopic (exact) mass is 385 g/mol. The molecule has 1 heterocycles. The van der Waals surface area contributed by atoms with Crippen LogP contribution >= 0.6 is 0 Å². The van der Waals surface area contributed by atoms with Crippen LogP contribution in [0.4, 0.5) is 5.69 Å². The summed E-state index contributed by atoms with van der Waals surface area (Å²) in [4.78, 5) is 24.0. The highest BCUT2D eigenvalue weighted by Crippen LogP contribution is 2.30. The van der Waals surface area contributed by atoms with Crippen molar-refractivity contribution in [1.29, 1.82) is 0 Å². The van der Waals surface area contributed by atoms with Crippen LogP contribution in [0, 0.1) is 0 Å². The van der Waals surface area contributed by atoms with E-state index in [4.69, 9.17) is 4.74 Å². The SMILES string of the molecule is CS(=O)(=O)N1CCc2cc(C(=O)COC(=O)/C=C/c3ccccc3)ccc21. The number of benzene rings is 2. The van der Waals surface area contributed by atoms with E-state index in [0.717, 1.165) is 17.4 Å². The summed E-state index contributed by atoms with van der Waals surface area (Å²) in [6.45, 7) is -0.00236. The number of hydrogen-bond donors (Lipinski definition) is 0. The van der Waals surface area contributed by atoms with Gasteiger partial charge in [-0.2, -0.15) is 0 Å². The van der Waals surface area contributed by atoms with Crippen molar-refractivity contribution >= 4 is 33.5 Å². The molecule has 140 valence electrons. The van der Waals surface area contributed by atoms with Gasteiger partial charge in [0, 0.05) is 18.2 Å². The molecule has 0 amide bonds. The van der Waals surface area contributed by atoms with Gasteiger partial charge in [-0.05, 0) is 41.8 Å². The van der Waals surface area contributed by atoms with Crippen LogP contribution in [0.5, 0.6) is 0 Å². The van der Waals surface area contributed by atoms with Crippen LogP contribution in [0.1, 0.15) is 21.5 Å². The molecule has 1 aliphatic rings. The number of rotatable bonds is 6. The number of sulfonamides is 1. The summed E-state index contributed by atoms with van der Waals surface area (Å²) in [6.07, 6.45) is 4.59. The third-order valence-corrected chi connectivity index (χ3v) is 5.39. The molecule has 2 aromatic carbocycles. The largest absolute Gasteiger partial charge is 0.454 e. The van der Waals surface area contributed by atoms with Crippen molar-refractivity contribution in [2.75, 3.05) is 23.7 Å². The molecular weight excluding hydrogens is 366 g/mol. The Morgan fingerprint density at radius 2 is 1.89 bits per heavy atom. The molecule has 0 saturated heterocycles. The Balaban J connectivity index is 1.61. The number of fused-ring (bicyclic) bond motifs is 1. The van der Waals surface area contributed by atoms with E-state index in [0.29, 0.717) is 24.2 Å². The summed E-state index contributed by atoms with van der Waals surface area (Å²) in [6, 6.07) is 14.1. The molecule has 0 saturated carbocycles. The number of ketones is 1. The highest BCUT2D eigenvalue weighted by Gasteiger charge is 2.26. The van der Waals surface area contributed by atoms with Crippen molar-refractivity contribution in [2.24, 2.45) is 0 Å². The highest BCUT2D eigenvalue weighted by molar-refractivity contribution is 7.92. The van der Waals surface area contributed by atoms with E-state index < -0.39 is 16.0 Å². The fourth-order valence-corrected chi connectivity index (χ4v) is 3.84. The van der Waals surface area contributed by atoms with E-state index in [1.165, 1.54) is 10.4 Å². The topological polar surface area (TPSA) is 80.8 Å². The fraction of sp³-hybridized carbons (Fsp3) is 0.200. The van der Waals surface area contributed by atoms with Gasteiger partial charge < -0.3 is 4.74 Å². The van der Waals surface area contributed by atoms with Gasteiger partial charge in [-0.3, -0.25) is 9.10 Å². The van der Waals surface area contributed by atoms with Crippen molar-refractivity contribution < 1.29 is 22.7 Å². The summed E-state index contributed by atoms with van der Waals surface area (Å²) in [5.41, 5.74) is 2.64. The second-order valence-corrected chi connectivity index (χ2v) is 8.11. The Morgan fingerprint density at radius 1 is 1.15 bits per heavy atom. The lowest BCUT2D eigenvalue weighted by Gasteiger charge is -2.16. The van der Waals surface area contributed by atoms with Gasteiger partial charge in [-0.15, -0.1) is 0 Å². The fourth-order valence-electron chi connectivity index (χ4n) is 2.89. The van der Waals surface area contributed by atoms with Gasteiger partial charge in [0.2, 0.25) is 10.0 Å². The van der Waals surface area contributed by atoms with Gasteiger partial charge in [0.05, 0.1) is 11.9 Å². The van der Waals surface area contributed by atoms with Crippen molar-refractivity contribution in [1.82, 2.24) is 0 Å². The third kappa shape index (κ3) is 4.62. The minimum atomic E-state index is -3.33. The van der Waals surface area contributed by atoms with Crippen LogP contribution in [0.15, 0.2) is 54.6 Å². The predicted octanol–water partition coefficient (Wildman–Crippen LogP) is 2.45. The maximum atomic E-state index is 12.3. The Bertz CT molecular complexity index is 996. The number of esters is 1. The van der Waals surface area contributed by atoms with E-state index in [-0.39, 0.29) is 12.4 Å². The van der Waals surface area contributed by atoms with Crippen molar-refractivity contribution in [3.05, 3.63) is 71.3 Å². The van der Waals surface area contributed by atoms with Crippen LogP contribution in [-0.4, -0.2) is 39.6 Å². The smallest absolute Gasteiger partial charge is 0.331 e. The van der Waals surface area contributed by atoms with Gasteiger partial charge in [0.1, 0.15) is 0 Å². The van der Waals surface area contributed by atoms with Crippen LogP contribution in [-0.2, 0) is 26.0 Å². The molecule has 0 N–H and O–H groups in total. The van der Waals surface area contributed by atoms with E-state index >= 15 is 0 Å². The summed E-state index contributed by atoms with van der Waals surface area (Å²) in [7, 11) is -3.33. The number of ether oxygens (including phenoxy) is 1. The molecule has 1 aliphatic heterocycles. The molecule has 0 atom stereocenters. The second-order valence-electron chi connectivity index (χ2n) is 6.20. The molecule has 0 fully saturated rings. The zero-order valence-corrected chi connectivity index (χ0v) is 15.6. The van der Waals surface area contributed by atoms with E-state index in [2.05, 4.69) is 0 Å². The Kier molecular flexibility index (Phi) is 5.41. The molecular formula is C20H19NO5S. The number of carbonyl (C=O) groups excluding carboxylic acids is 2. The second kappa shape index (κ2) is 7.75. The molecule has 7 heteroatoms. The molecule has 0 unspecified atom stereocenters. The van der Waals surface area contributed by atoms with Gasteiger partial charge in [-0.1, -0.05) is 30.3 Å². The highest BCUT2D eigenvalue weighted by atomic mass is 32.2. The number of Topliss-reactive ketones (excluding diaryl/α,β-unsaturated/α-hetero) is 1. The Morgan fingerprint density at radius 3 is 2.59 bits per heavy atom. The number of carbonyl (C=O) groups is 2. The first kappa shape index (κ1) is 18.8. The van der Waals surface area contributed by atoms with Crippen LogP contribution in [0.2, 0.25) is 0 Å². The van der Waals surface area contributed by atoms with Gasteiger partial charge in [0.25, 0.3) is 0 Å². The van der Waals surface area contributed by atoms with Crippen molar-refractivity contribution in [2.45, 2.75) is 6.42 Å². The minimum absolute atomic E-state index is 0.336. The number of anilines is 1. The van der Waals surface area contributed by atoms with Gasteiger partial charge in [-0.25, -0.2) is 13.2 Å². The van der Waals surface area contributed by atoms with Gasteiger partial charge in [0.15, 0.2) is 12.4 Å². The average Bonchev–Trinajstić information content (AvgIpc) is 3.09. The first-order valence-corrected chi connectivity index (χ1v) is 10.2. The Hall–Kier alpha value is -2.93. The van der Waals surface area contributed by atoms with Crippen LogP contribution in [0.3, 0.4) is 0 Å². The molecule has 0 spiro atoms. The summed E-state index contributed by atoms with van der Waals surface area (Å²) in [5, 5.41) is 0. The molecule has 0 bridgehead atoms. The third-order valence-electron chi connectivity index (χ3n) is 4.21. The van der Waals surface area contributed by atoms with Gasteiger partial charge >= 0.3 is 5.97 Å². The molecule has 27 heavy (non-hydrogen) atoms. The molecule has 0 aliphatic carbocycles. The molecule has 0 aromatic heterocycles.